The highest BCUT2D eigenvalue weighted by atomic mass is 79.9. The first kappa shape index (κ1) is 27.7. The standard InChI is InChI=1S/C33H27BrN4O3S/c1-21-10-15-25(26(34)19-21)28-16-17-29(41-28)32-31(27-9-5-6-18-35-27)37-33(42)38(32)23-13-11-22(12-14-23)36-30(39)20-40-24-7-3-2-4-8-24/h2-19,31-32H,20H2,1H3,(H,36,39)(H,37,42)/t31-,32+/m0/s1. The number of ether oxygens (including phenoxy) is 1. The number of nitrogens with one attached hydrogen (secondary N) is 2. The van der Waals surface area contributed by atoms with Crippen LogP contribution in [0.4, 0.5) is 11.4 Å². The number of rotatable bonds is 8. The molecule has 3 heterocycles. The number of nitrogens with zero attached hydrogens (tertiary/aromatic N) is 2. The third-order valence-corrected chi connectivity index (χ3v) is 7.92. The molecule has 0 unspecified atom stereocenters. The maximum absolute atomic E-state index is 12.5. The Labute approximate surface area is 257 Å². The second kappa shape index (κ2) is 12.2. The predicted octanol–water partition coefficient (Wildman–Crippen LogP) is 7.61. The van der Waals surface area contributed by atoms with Crippen LogP contribution in [0.25, 0.3) is 11.3 Å². The van der Waals surface area contributed by atoms with Crippen molar-refractivity contribution in [1.82, 2.24) is 10.3 Å². The summed E-state index contributed by atoms with van der Waals surface area (Å²) in [5, 5.41) is 6.89. The molecule has 2 aromatic heterocycles. The molecular formula is C33H27BrN4O3S. The Morgan fingerprint density at radius 3 is 2.55 bits per heavy atom. The minimum Gasteiger partial charge on any atom is -0.484 e. The van der Waals surface area contributed by atoms with Gasteiger partial charge >= 0.3 is 0 Å². The molecule has 210 valence electrons. The van der Waals surface area contributed by atoms with Crippen LogP contribution in [-0.4, -0.2) is 22.6 Å². The number of furan rings is 1. The number of aromatic nitrogens is 1. The van der Waals surface area contributed by atoms with Gasteiger partial charge in [0.1, 0.15) is 23.3 Å². The minimum atomic E-state index is -0.301. The van der Waals surface area contributed by atoms with E-state index in [1.807, 2.05) is 95.9 Å². The van der Waals surface area contributed by atoms with Gasteiger partial charge in [-0.15, -0.1) is 0 Å². The first-order valence-electron chi connectivity index (χ1n) is 13.4. The van der Waals surface area contributed by atoms with Crippen molar-refractivity contribution in [2.45, 2.75) is 19.0 Å². The van der Waals surface area contributed by atoms with Crippen molar-refractivity contribution in [2.75, 3.05) is 16.8 Å². The van der Waals surface area contributed by atoms with Crippen LogP contribution < -0.4 is 20.3 Å². The van der Waals surface area contributed by atoms with Crippen molar-refractivity contribution < 1.29 is 13.9 Å². The summed E-state index contributed by atoms with van der Waals surface area (Å²) in [6.45, 7) is 1.97. The number of amides is 1. The Balaban J connectivity index is 1.26. The Bertz CT molecular complexity index is 1710. The van der Waals surface area contributed by atoms with E-state index in [-0.39, 0.29) is 24.6 Å². The lowest BCUT2D eigenvalue weighted by Gasteiger charge is -2.26. The van der Waals surface area contributed by atoms with Gasteiger partial charge in [0.25, 0.3) is 5.91 Å². The molecular weight excluding hydrogens is 612 g/mol. The third kappa shape index (κ3) is 5.93. The summed E-state index contributed by atoms with van der Waals surface area (Å²) in [4.78, 5) is 19.1. The molecule has 2 N–H and O–H groups in total. The second-order valence-corrected chi connectivity index (χ2v) is 11.1. The van der Waals surface area contributed by atoms with E-state index in [9.17, 15) is 4.79 Å². The van der Waals surface area contributed by atoms with Gasteiger partial charge < -0.3 is 24.7 Å². The van der Waals surface area contributed by atoms with E-state index in [1.165, 1.54) is 0 Å². The number of pyridine rings is 1. The summed E-state index contributed by atoms with van der Waals surface area (Å²) in [5.74, 6) is 1.90. The largest absolute Gasteiger partial charge is 0.484 e. The zero-order chi connectivity index (χ0) is 29.1. The number of halogens is 1. The van der Waals surface area contributed by atoms with Crippen LogP contribution >= 0.6 is 28.1 Å². The highest BCUT2D eigenvalue weighted by Crippen LogP contribution is 2.43. The molecule has 3 aromatic carbocycles. The molecule has 2 atom stereocenters. The molecule has 0 bridgehead atoms. The molecule has 1 saturated heterocycles. The van der Waals surface area contributed by atoms with Gasteiger partial charge in [0, 0.05) is 27.6 Å². The van der Waals surface area contributed by atoms with Crippen LogP contribution in [0.3, 0.4) is 0 Å². The summed E-state index contributed by atoms with van der Waals surface area (Å²) >= 11 is 9.52. The Morgan fingerprint density at radius 1 is 1.02 bits per heavy atom. The number of para-hydroxylation sites is 1. The summed E-state index contributed by atoms with van der Waals surface area (Å²) in [6, 6.07) is 32.2. The highest BCUT2D eigenvalue weighted by Gasteiger charge is 2.42. The number of hydrogen-bond acceptors (Lipinski definition) is 5. The quantitative estimate of drug-likeness (QED) is 0.169. The average Bonchev–Trinajstić information content (AvgIpc) is 3.62. The number of benzene rings is 3. The minimum absolute atomic E-state index is 0.0857. The molecule has 1 aliphatic rings. The van der Waals surface area contributed by atoms with Crippen molar-refractivity contribution in [3.05, 3.63) is 131 Å². The number of anilines is 2. The smallest absolute Gasteiger partial charge is 0.262 e. The molecule has 0 spiro atoms. The molecule has 1 fully saturated rings. The summed E-state index contributed by atoms with van der Waals surface area (Å²) in [5.41, 5.74) is 4.49. The highest BCUT2D eigenvalue weighted by molar-refractivity contribution is 9.10. The normalized spacial score (nSPS) is 16.2. The van der Waals surface area contributed by atoms with Gasteiger partial charge in [0.15, 0.2) is 11.7 Å². The van der Waals surface area contributed by atoms with E-state index in [4.69, 9.17) is 21.4 Å². The fourth-order valence-corrected chi connectivity index (χ4v) is 6.00. The molecule has 0 radical (unpaired) electrons. The van der Waals surface area contributed by atoms with E-state index in [1.54, 1.807) is 6.20 Å². The lowest BCUT2D eigenvalue weighted by atomic mass is 10.0. The van der Waals surface area contributed by atoms with E-state index >= 15 is 0 Å². The summed E-state index contributed by atoms with van der Waals surface area (Å²) < 4.78 is 13.0. The fraction of sp³-hybridized carbons (Fsp3) is 0.121. The number of carbonyl (C=O) groups excluding carboxylic acids is 1. The molecule has 1 aliphatic heterocycles. The van der Waals surface area contributed by atoms with Gasteiger partial charge in [-0.2, -0.15) is 0 Å². The third-order valence-electron chi connectivity index (χ3n) is 6.95. The van der Waals surface area contributed by atoms with Crippen molar-refractivity contribution in [1.29, 1.82) is 0 Å². The SMILES string of the molecule is Cc1ccc(-c2ccc([C@@H]3[C@H](c4ccccn4)NC(=S)N3c3ccc(NC(=O)COc4ccccc4)cc3)o2)c(Br)c1. The maximum Gasteiger partial charge on any atom is 0.262 e. The Kier molecular flexibility index (Phi) is 8.03. The number of hydrogen-bond donors (Lipinski definition) is 2. The lowest BCUT2D eigenvalue weighted by molar-refractivity contribution is -0.118. The fourth-order valence-electron chi connectivity index (χ4n) is 4.97. The van der Waals surface area contributed by atoms with Crippen molar-refractivity contribution >= 4 is 50.5 Å². The van der Waals surface area contributed by atoms with Crippen LogP contribution in [0.5, 0.6) is 5.75 Å². The van der Waals surface area contributed by atoms with Gasteiger partial charge in [-0.05, 0) is 97.5 Å². The van der Waals surface area contributed by atoms with Crippen molar-refractivity contribution in [3.63, 3.8) is 0 Å². The van der Waals surface area contributed by atoms with Gasteiger partial charge in [0.2, 0.25) is 0 Å². The van der Waals surface area contributed by atoms with Gasteiger partial charge in [-0.1, -0.05) is 46.3 Å². The van der Waals surface area contributed by atoms with Gasteiger partial charge in [0.05, 0.1) is 11.7 Å². The summed E-state index contributed by atoms with van der Waals surface area (Å²) in [7, 11) is 0. The maximum atomic E-state index is 12.5. The number of thiocarbonyl (C=S) groups is 1. The lowest BCUT2D eigenvalue weighted by Crippen LogP contribution is -2.29. The molecule has 5 aromatic rings. The first-order valence-corrected chi connectivity index (χ1v) is 14.6. The topological polar surface area (TPSA) is 79.6 Å². The predicted molar refractivity (Wildman–Crippen MR) is 172 cm³/mol. The van der Waals surface area contributed by atoms with Crippen LogP contribution in [0, 0.1) is 6.92 Å². The van der Waals surface area contributed by atoms with Crippen LogP contribution in [0.2, 0.25) is 0 Å². The van der Waals surface area contributed by atoms with Crippen LogP contribution in [0.1, 0.15) is 29.1 Å². The number of carbonyl (C=O) groups is 1. The van der Waals surface area contributed by atoms with E-state index in [0.717, 1.165) is 38.5 Å². The van der Waals surface area contributed by atoms with Crippen molar-refractivity contribution in [2.24, 2.45) is 0 Å². The van der Waals surface area contributed by atoms with E-state index < -0.39 is 0 Å². The zero-order valence-corrected chi connectivity index (χ0v) is 25.1. The Hall–Kier alpha value is -4.47. The number of aryl methyl sites for hydroxylation is 1. The van der Waals surface area contributed by atoms with Crippen molar-refractivity contribution in [3.8, 4) is 17.1 Å². The molecule has 6 rings (SSSR count). The molecule has 0 saturated carbocycles. The van der Waals surface area contributed by atoms with Crippen LogP contribution in [-0.2, 0) is 4.79 Å². The molecule has 42 heavy (non-hydrogen) atoms. The van der Waals surface area contributed by atoms with Crippen LogP contribution in [0.15, 0.2) is 118 Å². The van der Waals surface area contributed by atoms with Gasteiger partial charge in [-0.3, -0.25) is 9.78 Å². The van der Waals surface area contributed by atoms with E-state index in [2.05, 4.69) is 50.6 Å². The molecule has 0 aliphatic carbocycles. The zero-order valence-electron chi connectivity index (χ0n) is 22.7. The molecule has 1 amide bonds. The summed E-state index contributed by atoms with van der Waals surface area (Å²) in [6.07, 6.45) is 1.77. The first-order chi connectivity index (χ1) is 20.5. The molecule has 7 nitrogen and oxygen atoms in total. The average molecular weight is 640 g/mol. The monoisotopic (exact) mass is 638 g/mol. The van der Waals surface area contributed by atoms with Gasteiger partial charge in [-0.25, -0.2) is 0 Å². The van der Waals surface area contributed by atoms with E-state index in [0.29, 0.717) is 16.5 Å². The second-order valence-electron chi connectivity index (χ2n) is 9.88. The Morgan fingerprint density at radius 2 is 1.81 bits per heavy atom. The molecule has 9 heteroatoms.